The van der Waals surface area contributed by atoms with E-state index in [1.807, 2.05) is 59.3 Å². The minimum atomic E-state index is -4.40. The predicted octanol–water partition coefficient (Wildman–Crippen LogP) is 3.82. The Labute approximate surface area is 328 Å². The van der Waals surface area contributed by atoms with E-state index in [2.05, 4.69) is 21.0 Å². The fraction of sp³-hybridized carbons (Fsp3) is 0.225. The number of carbonyl (C=O) groups excluding carboxylic acids is 3. The summed E-state index contributed by atoms with van der Waals surface area (Å²) in [4.78, 5) is 48.3. The number of hydrogen-bond donors (Lipinski definition) is 6. The largest absolute Gasteiger partial charge is 0.508 e. The van der Waals surface area contributed by atoms with Gasteiger partial charge in [-0.25, -0.2) is 29.0 Å². The molecule has 16 nitrogen and oxygen atoms in total. The van der Waals surface area contributed by atoms with Gasteiger partial charge in [-0.1, -0.05) is 48.5 Å². The van der Waals surface area contributed by atoms with Gasteiger partial charge in [0.25, 0.3) is 15.9 Å². The van der Waals surface area contributed by atoms with Crippen molar-refractivity contribution in [3.63, 3.8) is 0 Å². The van der Waals surface area contributed by atoms with Crippen molar-refractivity contribution < 1.29 is 42.1 Å². The predicted molar refractivity (Wildman–Crippen MR) is 209 cm³/mol. The normalized spacial score (nSPS) is 12.6. The van der Waals surface area contributed by atoms with Crippen LogP contribution in [-0.2, 0) is 30.8 Å². The Balaban J connectivity index is 1.08. The quantitative estimate of drug-likeness (QED) is 0.0474. The average Bonchev–Trinajstić information content (AvgIpc) is 3.68. The van der Waals surface area contributed by atoms with Crippen molar-refractivity contribution >= 4 is 33.6 Å². The van der Waals surface area contributed by atoms with Gasteiger partial charge in [0.15, 0.2) is 11.5 Å². The first-order chi connectivity index (χ1) is 27.3. The van der Waals surface area contributed by atoms with Crippen LogP contribution in [0.1, 0.15) is 32.3 Å². The molecule has 1 atom stereocenters. The minimum absolute atomic E-state index is 0.00767. The molecule has 296 valence electrons. The van der Waals surface area contributed by atoms with Gasteiger partial charge in [0.2, 0.25) is 24.5 Å². The molecule has 6 rings (SSSR count). The summed E-state index contributed by atoms with van der Waals surface area (Å²) in [5.41, 5.74) is 4.57. The van der Waals surface area contributed by atoms with Crippen molar-refractivity contribution in [1.29, 1.82) is 0 Å². The number of nitrogen functional groups attached to an aromatic ring is 1. The number of carbonyl (C=O) groups is 3. The van der Waals surface area contributed by atoms with Crippen molar-refractivity contribution in [2.75, 3.05) is 18.8 Å². The number of ether oxygens (including phenoxy) is 3. The van der Waals surface area contributed by atoms with Crippen LogP contribution in [0, 0.1) is 0 Å². The van der Waals surface area contributed by atoms with Crippen molar-refractivity contribution in [3.8, 4) is 45.5 Å². The molecule has 0 aliphatic carbocycles. The van der Waals surface area contributed by atoms with E-state index in [0.29, 0.717) is 28.6 Å². The maximum Gasteiger partial charge on any atom is 0.265 e. The van der Waals surface area contributed by atoms with E-state index in [9.17, 15) is 27.9 Å². The summed E-state index contributed by atoms with van der Waals surface area (Å²) in [5.74, 6) is 4.89. The van der Waals surface area contributed by atoms with E-state index >= 15 is 0 Å². The van der Waals surface area contributed by atoms with E-state index in [-0.39, 0.29) is 49.1 Å². The molecule has 5 aromatic rings. The van der Waals surface area contributed by atoms with Gasteiger partial charge in [-0.05, 0) is 79.4 Å². The highest BCUT2D eigenvalue weighted by atomic mass is 32.2. The summed E-state index contributed by atoms with van der Waals surface area (Å²) in [6.45, 7) is 3.20. The Morgan fingerprint density at radius 2 is 1.67 bits per heavy atom. The fourth-order valence-electron chi connectivity index (χ4n) is 5.76. The molecule has 3 heterocycles. The summed E-state index contributed by atoms with van der Waals surface area (Å²) >= 11 is 0. The van der Waals surface area contributed by atoms with Gasteiger partial charge in [-0.3, -0.25) is 14.4 Å². The van der Waals surface area contributed by atoms with Gasteiger partial charge in [0.1, 0.15) is 28.0 Å². The number of hydrogen-bond acceptors (Lipinski definition) is 13. The standard InChI is InChI=1S/C40H41N7O9S/c1-40(2,39(51)44-32(19-25-10-13-29(48)14-11-25)38(50)47-57(52,53)30-15-17-35(46-41)42-23-30)45-36(49)9-6-18-54-37-22-28(20-31(43-37)26-7-4-3-5-8-26)27-12-16-33-34(21-27)56-24-55-33/h3-5,7-8,10-17,20-23,32,48H,6,9,18-19,24,41H2,1-2H3,(H,42,46)(H,44,51)(H,45,49)(H,47,50)/t32-/m0/s1. The van der Waals surface area contributed by atoms with Crippen LogP contribution < -0.4 is 40.8 Å². The molecule has 3 aromatic carbocycles. The third-order valence-electron chi connectivity index (χ3n) is 8.82. The van der Waals surface area contributed by atoms with Crippen LogP contribution in [0.15, 0.2) is 108 Å². The summed E-state index contributed by atoms with van der Waals surface area (Å²) in [5, 5.41) is 15.0. The number of anilines is 1. The number of rotatable bonds is 16. The van der Waals surface area contributed by atoms with Gasteiger partial charge in [-0.15, -0.1) is 0 Å². The third-order valence-corrected chi connectivity index (χ3v) is 10.2. The first kappa shape index (κ1) is 40.0. The second-order valence-corrected chi connectivity index (χ2v) is 15.2. The highest BCUT2D eigenvalue weighted by molar-refractivity contribution is 7.90. The summed E-state index contributed by atoms with van der Waals surface area (Å²) in [6.07, 6.45) is 1.14. The lowest BCUT2D eigenvalue weighted by Crippen LogP contribution is -2.59. The van der Waals surface area contributed by atoms with Crippen LogP contribution >= 0.6 is 0 Å². The molecule has 57 heavy (non-hydrogen) atoms. The molecular weight excluding hydrogens is 755 g/mol. The maximum atomic E-state index is 13.6. The van der Waals surface area contributed by atoms with Crippen LogP contribution in [0.25, 0.3) is 22.4 Å². The van der Waals surface area contributed by atoms with E-state index in [1.165, 1.54) is 50.2 Å². The lowest BCUT2D eigenvalue weighted by atomic mass is 10.0. The molecule has 0 unspecified atom stereocenters. The third kappa shape index (κ3) is 10.3. The highest BCUT2D eigenvalue weighted by Crippen LogP contribution is 2.37. The van der Waals surface area contributed by atoms with Crippen molar-refractivity contribution in [2.24, 2.45) is 5.84 Å². The smallest absolute Gasteiger partial charge is 0.265 e. The molecular formula is C40H41N7O9S. The monoisotopic (exact) mass is 795 g/mol. The van der Waals surface area contributed by atoms with Crippen LogP contribution in [0.4, 0.5) is 5.82 Å². The molecule has 0 radical (unpaired) electrons. The minimum Gasteiger partial charge on any atom is -0.508 e. The number of phenolic OH excluding ortho intramolecular Hbond substituents is 1. The highest BCUT2D eigenvalue weighted by Gasteiger charge is 2.34. The van der Waals surface area contributed by atoms with Crippen LogP contribution in [0.2, 0.25) is 0 Å². The number of hydrazine groups is 1. The van der Waals surface area contributed by atoms with Gasteiger partial charge < -0.3 is 35.4 Å². The molecule has 0 saturated heterocycles. The van der Waals surface area contributed by atoms with E-state index < -0.39 is 39.3 Å². The summed E-state index contributed by atoms with van der Waals surface area (Å²) in [7, 11) is -4.40. The second kappa shape index (κ2) is 17.4. The van der Waals surface area contributed by atoms with E-state index in [1.54, 1.807) is 6.07 Å². The molecule has 17 heteroatoms. The molecule has 1 aliphatic rings. The number of aromatic hydroxyl groups is 1. The van der Waals surface area contributed by atoms with Crippen molar-refractivity contribution in [2.45, 2.75) is 49.6 Å². The number of sulfonamides is 1. The Morgan fingerprint density at radius 1 is 0.912 bits per heavy atom. The van der Waals surface area contributed by atoms with Crippen LogP contribution in [-0.4, -0.2) is 66.2 Å². The summed E-state index contributed by atoms with van der Waals surface area (Å²) < 4.78 is 45.1. The first-order valence-electron chi connectivity index (χ1n) is 17.8. The molecule has 0 fully saturated rings. The SMILES string of the molecule is CC(C)(NC(=O)CCCOc1cc(-c2ccc3c(c2)OCO3)cc(-c2ccccc2)n1)C(=O)N[C@@H](Cc1ccc(O)cc1)C(=O)NS(=O)(=O)c1ccc(NN)nc1. The van der Waals surface area contributed by atoms with Crippen LogP contribution in [0.3, 0.4) is 0 Å². The Hall–Kier alpha value is -6.72. The topological polar surface area (TPSA) is 233 Å². The maximum absolute atomic E-state index is 13.6. The zero-order chi connectivity index (χ0) is 40.6. The number of nitrogens with two attached hydrogens (primary N) is 1. The average molecular weight is 796 g/mol. The van der Waals surface area contributed by atoms with E-state index in [4.69, 9.17) is 25.0 Å². The molecule has 1 aliphatic heterocycles. The fourth-order valence-corrected chi connectivity index (χ4v) is 6.72. The Morgan fingerprint density at radius 3 is 2.39 bits per heavy atom. The summed E-state index contributed by atoms with van der Waals surface area (Å²) in [6, 6.07) is 26.0. The Kier molecular flexibility index (Phi) is 12.2. The first-order valence-corrected chi connectivity index (χ1v) is 19.3. The lowest BCUT2D eigenvalue weighted by Gasteiger charge is -2.28. The second-order valence-electron chi connectivity index (χ2n) is 13.5. The van der Waals surface area contributed by atoms with Gasteiger partial charge in [0, 0.05) is 30.7 Å². The molecule has 7 N–H and O–H groups in total. The number of phenols is 1. The molecule has 0 bridgehead atoms. The zero-order valence-corrected chi connectivity index (χ0v) is 31.8. The van der Waals surface area contributed by atoms with Crippen molar-refractivity contribution in [1.82, 2.24) is 25.3 Å². The van der Waals surface area contributed by atoms with E-state index in [0.717, 1.165) is 22.9 Å². The molecule has 0 spiro atoms. The van der Waals surface area contributed by atoms with Gasteiger partial charge in [0.05, 0.1) is 12.3 Å². The molecule has 0 saturated carbocycles. The number of benzene rings is 3. The van der Waals surface area contributed by atoms with Crippen molar-refractivity contribution in [3.05, 3.63) is 109 Å². The number of nitrogens with zero attached hydrogens (tertiary/aromatic N) is 2. The Bertz CT molecular complexity index is 2340. The van der Waals surface area contributed by atoms with Gasteiger partial charge in [-0.2, -0.15) is 0 Å². The number of nitrogens with one attached hydrogen (secondary N) is 4. The molecule has 3 amide bonds. The molecule has 2 aromatic heterocycles. The number of amides is 3. The zero-order valence-electron chi connectivity index (χ0n) is 31.0. The number of pyridine rings is 2. The van der Waals surface area contributed by atoms with Gasteiger partial charge >= 0.3 is 0 Å². The van der Waals surface area contributed by atoms with Crippen LogP contribution in [0.5, 0.6) is 23.1 Å². The lowest BCUT2D eigenvalue weighted by molar-refractivity contribution is -0.134. The number of fused-ring (bicyclic) bond motifs is 1. The number of aromatic nitrogens is 2.